The fourth-order valence-electron chi connectivity index (χ4n) is 4.53. The monoisotopic (exact) mass is 468 g/mol. The van der Waals surface area contributed by atoms with Gasteiger partial charge in [0, 0.05) is 34.0 Å². The van der Waals surface area contributed by atoms with Gasteiger partial charge in [0.25, 0.3) is 5.91 Å². The first-order chi connectivity index (χ1) is 14.6. The molecule has 0 unspecified atom stereocenters. The summed E-state index contributed by atoms with van der Waals surface area (Å²) in [6.07, 6.45) is 6.06. The molecule has 1 aromatic heterocycles. The number of carbonyl (C=O) groups excluding carboxylic acids is 1. The largest absolute Gasteiger partial charge is 0.349 e. The predicted octanol–water partition coefficient (Wildman–Crippen LogP) is 6.63. The van der Waals surface area contributed by atoms with Crippen molar-refractivity contribution in [3.63, 3.8) is 0 Å². The van der Waals surface area contributed by atoms with Gasteiger partial charge in [-0.15, -0.1) is 0 Å². The topological polar surface area (TPSA) is 42.0 Å². The molecule has 0 aliphatic heterocycles. The second kappa shape index (κ2) is 9.25. The number of alkyl halides is 1. The minimum atomic E-state index is -0.359. The second-order valence-electron chi connectivity index (χ2n) is 8.14. The van der Waals surface area contributed by atoms with Gasteiger partial charge in [0.05, 0.1) is 16.8 Å². The Labute approximate surface area is 185 Å². The van der Waals surface area contributed by atoms with Crippen molar-refractivity contribution in [2.45, 2.75) is 50.4 Å². The van der Waals surface area contributed by atoms with Gasteiger partial charge in [-0.25, -0.2) is 9.37 Å². The lowest BCUT2D eigenvalue weighted by Crippen LogP contribution is -2.39. The number of aromatic nitrogens is 1. The average Bonchev–Trinajstić information content (AvgIpc) is 2.78. The van der Waals surface area contributed by atoms with Crippen molar-refractivity contribution < 1.29 is 9.18 Å². The van der Waals surface area contributed by atoms with Crippen molar-refractivity contribution >= 4 is 32.7 Å². The van der Waals surface area contributed by atoms with Crippen LogP contribution in [0.5, 0.6) is 0 Å². The van der Waals surface area contributed by atoms with Crippen molar-refractivity contribution in [1.29, 1.82) is 0 Å². The highest BCUT2D eigenvalue weighted by Gasteiger charge is 2.25. The van der Waals surface area contributed by atoms with Gasteiger partial charge in [0.2, 0.25) is 0 Å². The molecule has 3 nitrogen and oxygen atoms in total. The molecule has 4 rings (SSSR count). The normalized spacial score (nSPS) is 15.8. The molecule has 3 aromatic rings. The zero-order valence-electron chi connectivity index (χ0n) is 17.1. The van der Waals surface area contributed by atoms with Gasteiger partial charge in [-0.05, 0) is 37.8 Å². The number of amides is 1. The number of halogens is 2. The first-order valence-electron chi connectivity index (χ1n) is 10.6. The highest BCUT2D eigenvalue weighted by Crippen LogP contribution is 2.33. The average molecular weight is 469 g/mol. The summed E-state index contributed by atoms with van der Waals surface area (Å²) >= 11 is 3.57. The lowest BCUT2D eigenvalue weighted by Gasteiger charge is -2.28. The van der Waals surface area contributed by atoms with Crippen LogP contribution in [0.15, 0.2) is 48.5 Å². The van der Waals surface area contributed by atoms with E-state index >= 15 is 0 Å². The van der Waals surface area contributed by atoms with E-state index in [0.717, 1.165) is 24.0 Å². The maximum absolute atomic E-state index is 14.0. The molecular formula is C25H26BrFN2O. The molecule has 156 valence electrons. The molecule has 1 saturated carbocycles. The van der Waals surface area contributed by atoms with Crippen LogP contribution in [0.25, 0.3) is 22.2 Å². The molecule has 0 saturated heterocycles. The molecule has 2 aromatic carbocycles. The maximum atomic E-state index is 14.0. The Kier molecular flexibility index (Phi) is 6.47. The summed E-state index contributed by atoms with van der Waals surface area (Å²) in [5, 5.41) is 4.41. The van der Waals surface area contributed by atoms with Crippen LogP contribution in [0.1, 0.15) is 54.9 Å². The van der Waals surface area contributed by atoms with Gasteiger partial charge >= 0.3 is 0 Å². The van der Waals surface area contributed by atoms with Gasteiger partial charge < -0.3 is 5.32 Å². The summed E-state index contributed by atoms with van der Waals surface area (Å²) in [4.78, 5) is 18.2. The van der Waals surface area contributed by atoms with E-state index in [1.165, 1.54) is 31.4 Å². The first-order valence-corrected chi connectivity index (χ1v) is 11.7. The van der Waals surface area contributed by atoms with Crippen molar-refractivity contribution in [3.8, 4) is 11.3 Å². The molecule has 30 heavy (non-hydrogen) atoms. The molecule has 1 amide bonds. The molecule has 0 radical (unpaired) electrons. The van der Waals surface area contributed by atoms with E-state index in [4.69, 9.17) is 4.98 Å². The number of fused-ring (bicyclic) bond motifs is 1. The third-order valence-electron chi connectivity index (χ3n) is 6.17. The lowest BCUT2D eigenvalue weighted by molar-refractivity contribution is 0.0920. The Morgan fingerprint density at radius 2 is 1.90 bits per heavy atom. The number of nitrogens with one attached hydrogen (secondary N) is 1. The zero-order valence-corrected chi connectivity index (χ0v) is 18.7. The number of hydrogen-bond acceptors (Lipinski definition) is 2. The van der Waals surface area contributed by atoms with Crippen molar-refractivity contribution in [3.05, 3.63) is 65.5 Å². The molecule has 1 N–H and O–H groups in total. The molecule has 1 fully saturated rings. The predicted molar refractivity (Wildman–Crippen MR) is 123 cm³/mol. The number of rotatable bonds is 5. The van der Waals surface area contributed by atoms with Gasteiger partial charge in [-0.2, -0.15) is 0 Å². The van der Waals surface area contributed by atoms with Crippen LogP contribution in [0.2, 0.25) is 0 Å². The third-order valence-corrected chi connectivity index (χ3v) is 6.73. The molecule has 1 aliphatic rings. The molecule has 5 heteroatoms. The quantitative estimate of drug-likeness (QED) is 0.426. The van der Waals surface area contributed by atoms with Gasteiger partial charge in [-0.3, -0.25) is 4.79 Å². The SMILES string of the molecule is C[C@H](NC(=O)c1c(CBr)c(-c2ccccc2)nc2cc(F)ccc12)C1CCCCC1. The number of carbonyl (C=O) groups is 1. The summed E-state index contributed by atoms with van der Waals surface area (Å²) in [6, 6.07) is 14.3. The Hall–Kier alpha value is -2.27. The maximum Gasteiger partial charge on any atom is 0.252 e. The van der Waals surface area contributed by atoms with Crippen LogP contribution in [0, 0.1) is 11.7 Å². The van der Waals surface area contributed by atoms with E-state index in [-0.39, 0.29) is 17.8 Å². The summed E-state index contributed by atoms with van der Waals surface area (Å²) in [6.45, 7) is 2.10. The Morgan fingerprint density at radius 1 is 1.17 bits per heavy atom. The van der Waals surface area contributed by atoms with Gasteiger partial charge in [0.15, 0.2) is 0 Å². The van der Waals surface area contributed by atoms with Crippen molar-refractivity contribution in [1.82, 2.24) is 10.3 Å². The van der Waals surface area contributed by atoms with Crippen molar-refractivity contribution in [2.24, 2.45) is 5.92 Å². The van der Waals surface area contributed by atoms with E-state index in [1.807, 2.05) is 30.3 Å². The molecule has 1 atom stereocenters. The Bertz CT molecular complexity index is 1050. The van der Waals surface area contributed by atoms with Crippen LogP contribution in [-0.2, 0) is 5.33 Å². The smallest absolute Gasteiger partial charge is 0.252 e. The number of nitrogens with zero attached hydrogens (tertiary/aromatic N) is 1. The van der Waals surface area contributed by atoms with Crippen molar-refractivity contribution in [2.75, 3.05) is 0 Å². The van der Waals surface area contributed by atoms with E-state index in [0.29, 0.717) is 33.4 Å². The summed E-state index contributed by atoms with van der Waals surface area (Å²) in [5.41, 5.74) is 3.52. The second-order valence-corrected chi connectivity index (χ2v) is 8.70. The lowest BCUT2D eigenvalue weighted by atomic mass is 9.84. The van der Waals surface area contributed by atoms with E-state index in [1.54, 1.807) is 6.07 Å². The highest BCUT2D eigenvalue weighted by atomic mass is 79.9. The zero-order chi connectivity index (χ0) is 21.1. The minimum absolute atomic E-state index is 0.102. The molecule has 1 heterocycles. The molecule has 0 spiro atoms. The van der Waals surface area contributed by atoms with E-state index in [9.17, 15) is 9.18 Å². The number of hydrogen-bond donors (Lipinski definition) is 1. The Balaban J connectivity index is 1.81. The summed E-state index contributed by atoms with van der Waals surface area (Å²) in [5.74, 6) is 0.0375. The van der Waals surface area contributed by atoms with Crippen LogP contribution in [0.4, 0.5) is 4.39 Å². The molecular weight excluding hydrogens is 443 g/mol. The summed E-state index contributed by atoms with van der Waals surface area (Å²) < 4.78 is 14.0. The first kappa shape index (κ1) is 21.0. The fraction of sp³-hybridized carbons (Fsp3) is 0.360. The highest BCUT2D eigenvalue weighted by molar-refractivity contribution is 9.08. The Morgan fingerprint density at radius 3 is 2.60 bits per heavy atom. The van der Waals surface area contributed by atoms with Crippen LogP contribution < -0.4 is 5.32 Å². The van der Waals surface area contributed by atoms with E-state index < -0.39 is 0 Å². The molecule has 0 bridgehead atoms. The number of pyridine rings is 1. The fourth-order valence-corrected chi connectivity index (χ4v) is 5.08. The van der Waals surface area contributed by atoms with Crippen LogP contribution in [0.3, 0.4) is 0 Å². The van der Waals surface area contributed by atoms with Gasteiger partial charge in [0.1, 0.15) is 5.82 Å². The van der Waals surface area contributed by atoms with E-state index in [2.05, 4.69) is 28.2 Å². The molecule has 1 aliphatic carbocycles. The third kappa shape index (κ3) is 4.27. The minimum Gasteiger partial charge on any atom is -0.349 e. The number of benzene rings is 2. The van der Waals surface area contributed by atoms with Crippen LogP contribution in [-0.4, -0.2) is 16.9 Å². The standard InChI is InChI=1S/C25H26BrFN2O/c1-16(17-8-4-2-5-9-17)28-25(30)23-20-13-12-19(27)14-22(20)29-24(21(23)15-26)18-10-6-3-7-11-18/h3,6-7,10-14,16-17H,2,4-5,8-9,15H2,1H3,(H,28,30)/t16-/m0/s1. The van der Waals surface area contributed by atoms with Crippen LogP contribution >= 0.6 is 15.9 Å². The summed E-state index contributed by atoms with van der Waals surface area (Å²) in [7, 11) is 0. The van der Waals surface area contributed by atoms with Gasteiger partial charge in [-0.1, -0.05) is 65.5 Å².